The van der Waals surface area contributed by atoms with Gasteiger partial charge in [0.2, 0.25) is 0 Å². The molecule has 4 aromatic rings. The van der Waals surface area contributed by atoms with Crippen LogP contribution in [0.2, 0.25) is 0 Å². The number of benzene rings is 4. The number of rotatable bonds is 12. The molecule has 0 spiro atoms. The molecule has 1 aliphatic carbocycles. The molecule has 0 saturated heterocycles. The Bertz CT molecular complexity index is 1420. The normalized spacial score (nSPS) is 12.6. The Kier molecular flexibility index (Phi) is 7.65. The fourth-order valence-corrected chi connectivity index (χ4v) is 5.86. The van der Waals surface area contributed by atoms with Crippen molar-refractivity contribution in [1.29, 1.82) is 0 Å². The highest BCUT2D eigenvalue weighted by Crippen LogP contribution is 2.56. The van der Waals surface area contributed by atoms with E-state index in [0.717, 1.165) is 22.6 Å². The van der Waals surface area contributed by atoms with E-state index in [4.69, 9.17) is 9.47 Å². The van der Waals surface area contributed by atoms with Crippen LogP contribution in [0.5, 0.6) is 11.5 Å². The molecule has 5 rings (SSSR count). The number of fused-ring (bicyclic) bond motifs is 3. The zero-order chi connectivity index (χ0) is 27.2. The predicted octanol–water partition coefficient (Wildman–Crippen LogP) is 8.64. The molecule has 2 heteroatoms. The summed E-state index contributed by atoms with van der Waals surface area (Å²) in [6, 6.07) is 30.7. The minimum Gasteiger partial charge on any atom is -0.489 e. The molecule has 0 atom stereocenters. The van der Waals surface area contributed by atoms with Crippen molar-refractivity contribution in [3.05, 3.63) is 169 Å². The molecule has 0 N–H and O–H groups in total. The van der Waals surface area contributed by atoms with E-state index < -0.39 is 5.41 Å². The Balaban J connectivity index is 1.83. The number of hydrogen-bond acceptors (Lipinski definition) is 2. The van der Waals surface area contributed by atoms with Gasteiger partial charge in [0.1, 0.15) is 24.7 Å². The average Bonchev–Trinajstić information content (AvgIpc) is 3.27. The Morgan fingerprint density at radius 2 is 0.974 bits per heavy atom. The predicted molar refractivity (Wildman–Crippen MR) is 163 cm³/mol. The van der Waals surface area contributed by atoms with Crippen LogP contribution in [0.3, 0.4) is 0 Å². The maximum Gasteiger partial charge on any atom is 0.123 e. The highest BCUT2D eigenvalue weighted by atomic mass is 16.5. The number of ether oxygens (including phenoxy) is 2. The lowest BCUT2D eigenvalue weighted by Crippen LogP contribution is -2.29. The van der Waals surface area contributed by atoms with Gasteiger partial charge in [0.15, 0.2) is 0 Å². The van der Waals surface area contributed by atoms with Gasteiger partial charge in [-0.05, 0) is 69.5 Å². The first-order valence-corrected chi connectivity index (χ1v) is 13.3. The van der Waals surface area contributed by atoms with E-state index in [9.17, 15) is 0 Å². The van der Waals surface area contributed by atoms with Crippen molar-refractivity contribution in [1.82, 2.24) is 0 Å². The first-order chi connectivity index (χ1) is 19.2. The van der Waals surface area contributed by atoms with Crippen LogP contribution in [-0.4, -0.2) is 13.2 Å². The third-order valence-corrected chi connectivity index (χ3v) is 7.38. The molecule has 4 aromatic carbocycles. The van der Waals surface area contributed by atoms with Gasteiger partial charge >= 0.3 is 0 Å². The monoisotopic (exact) mass is 510 g/mol. The van der Waals surface area contributed by atoms with Crippen LogP contribution in [0, 0.1) is 0 Å². The lowest BCUT2D eigenvalue weighted by Gasteiger charge is -2.35. The Morgan fingerprint density at radius 1 is 0.538 bits per heavy atom. The van der Waals surface area contributed by atoms with Crippen molar-refractivity contribution in [3.63, 3.8) is 0 Å². The van der Waals surface area contributed by atoms with Crippen molar-refractivity contribution in [2.24, 2.45) is 0 Å². The largest absolute Gasteiger partial charge is 0.489 e. The zero-order valence-electron chi connectivity index (χ0n) is 22.4. The van der Waals surface area contributed by atoms with Crippen molar-refractivity contribution >= 4 is 0 Å². The van der Waals surface area contributed by atoms with E-state index in [1.54, 1.807) is 12.2 Å². The van der Waals surface area contributed by atoms with Gasteiger partial charge in [0.25, 0.3) is 0 Å². The van der Waals surface area contributed by atoms with Gasteiger partial charge in [-0.25, -0.2) is 0 Å². The fourth-order valence-electron chi connectivity index (χ4n) is 5.86. The quantitative estimate of drug-likeness (QED) is 0.156. The average molecular weight is 511 g/mol. The molecule has 2 nitrogen and oxygen atoms in total. The van der Waals surface area contributed by atoms with E-state index in [-0.39, 0.29) is 0 Å². The Hall–Kier alpha value is -4.56. The summed E-state index contributed by atoms with van der Waals surface area (Å²) in [4.78, 5) is 0. The van der Waals surface area contributed by atoms with Crippen LogP contribution in [0.1, 0.15) is 33.4 Å². The highest BCUT2D eigenvalue weighted by Gasteiger charge is 2.46. The maximum absolute atomic E-state index is 6.04. The van der Waals surface area contributed by atoms with Crippen LogP contribution in [-0.2, 0) is 18.3 Å². The lowest BCUT2D eigenvalue weighted by atomic mass is 9.67. The van der Waals surface area contributed by atoms with Crippen LogP contribution >= 0.6 is 0 Å². The van der Waals surface area contributed by atoms with E-state index in [1.165, 1.54) is 33.4 Å². The summed E-state index contributed by atoms with van der Waals surface area (Å²) >= 11 is 0. The third kappa shape index (κ3) is 4.53. The van der Waals surface area contributed by atoms with Crippen molar-refractivity contribution < 1.29 is 9.47 Å². The van der Waals surface area contributed by atoms with Gasteiger partial charge in [0.05, 0.1) is 5.41 Å². The van der Waals surface area contributed by atoms with Crippen LogP contribution < -0.4 is 9.47 Å². The van der Waals surface area contributed by atoms with Gasteiger partial charge in [-0.1, -0.05) is 110 Å². The fraction of sp³-hybridized carbons (Fsp3) is 0.135. The standard InChI is InChI=1S/C37H34O2/c1-5-13-27-25-29(19-21-35(27)38-23-7-3)37(30-20-22-36(39-24-8-4)28(26-30)14-6-2)33-17-11-9-15-31(33)32-16-10-12-18-34(32)37/h5-12,15-22,25-26H,1-4,13-14,23-24H2. The second-order valence-corrected chi connectivity index (χ2v) is 9.67. The smallest absolute Gasteiger partial charge is 0.123 e. The first-order valence-electron chi connectivity index (χ1n) is 13.3. The van der Waals surface area contributed by atoms with E-state index in [2.05, 4.69) is 111 Å². The summed E-state index contributed by atoms with van der Waals surface area (Å²) < 4.78 is 12.1. The van der Waals surface area contributed by atoms with Crippen LogP contribution in [0.25, 0.3) is 11.1 Å². The second kappa shape index (κ2) is 11.4. The summed E-state index contributed by atoms with van der Waals surface area (Å²) in [7, 11) is 0. The minimum absolute atomic E-state index is 0.456. The molecule has 0 radical (unpaired) electrons. The molecule has 0 fully saturated rings. The molecule has 0 aromatic heterocycles. The number of hydrogen-bond donors (Lipinski definition) is 0. The van der Waals surface area contributed by atoms with E-state index in [1.807, 2.05) is 12.2 Å². The molecule has 0 bridgehead atoms. The molecule has 0 heterocycles. The van der Waals surface area contributed by atoms with Gasteiger partial charge < -0.3 is 9.47 Å². The summed E-state index contributed by atoms with van der Waals surface area (Å²) in [5.74, 6) is 1.71. The molecular formula is C37H34O2. The van der Waals surface area contributed by atoms with E-state index >= 15 is 0 Å². The molecule has 1 aliphatic rings. The van der Waals surface area contributed by atoms with Gasteiger partial charge in [0, 0.05) is 0 Å². The summed E-state index contributed by atoms with van der Waals surface area (Å²) in [6.45, 7) is 16.6. The molecule has 39 heavy (non-hydrogen) atoms. The van der Waals surface area contributed by atoms with Crippen molar-refractivity contribution in [2.75, 3.05) is 13.2 Å². The maximum atomic E-state index is 6.04. The third-order valence-electron chi connectivity index (χ3n) is 7.38. The Labute approximate surface area is 232 Å². The SMILES string of the molecule is C=CCOc1ccc(C2(c3ccc(OCC=C)c(CC=C)c3)c3ccccc3-c3ccccc32)cc1CC=C. The molecular weight excluding hydrogens is 476 g/mol. The number of allylic oxidation sites excluding steroid dienone is 2. The van der Waals surface area contributed by atoms with Crippen LogP contribution in [0.15, 0.2) is 136 Å². The summed E-state index contributed by atoms with van der Waals surface area (Å²) in [6.07, 6.45) is 8.81. The van der Waals surface area contributed by atoms with Crippen molar-refractivity contribution in [3.8, 4) is 22.6 Å². The molecule has 0 unspecified atom stereocenters. The minimum atomic E-state index is -0.521. The Morgan fingerprint density at radius 3 is 1.38 bits per heavy atom. The van der Waals surface area contributed by atoms with Crippen molar-refractivity contribution in [2.45, 2.75) is 18.3 Å². The van der Waals surface area contributed by atoms with Gasteiger partial charge in [-0.3, -0.25) is 0 Å². The zero-order valence-corrected chi connectivity index (χ0v) is 22.4. The highest BCUT2D eigenvalue weighted by molar-refractivity contribution is 5.86. The summed E-state index contributed by atoms with van der Waals surface area (Å²) in [5.41, 5.74) is 9.09. The summed E-state index contributed by atoms with van der Waals surface area (Å²) in [5, 5.41) is 0. The van der Waals surface area contributed by atoms with Crippen LogP contribution in [0.4, 0.5) is 0 Å². The molecule has 0 saturated carbocycles. The second-order valence-electron chi connectivity index (χ2n) is 9.67. The lowest BCUT2D eigenvalue weighted by molar-refractivity contribution is 0.359. The first kappa shape index (κ1) is 26.1. The molecule has 0 amide bonds. The molecule has 194 valence electrons. The topological polar surface area (TPSA) is 18.5 Å². The van der Waals surface area contributed by atoms with Gasteiger partial charge in [-0.15, -0.1) is 13.2 Å². The van der Waals surface area contributed by atoms with Gasteiger partial charge in [-0.2, -0.15) is 0 Å². The van der Waals surface area contributed by atoms with E-state index in [0.29, 0.717) is 26.1 Å². The molecule has 0 aliphatic heterocycles.